The minimum absolute atomic E-state index is 0.0454. The highest BCUT2D eigenvalue weighted by Crippen LogP contribution is 2.39. The van der Waals surface area contributed by atoms with E-state index in [9.17, 15) is 10.2 Å². The second kappa shape index (κ2) is 7.74. The summed E-state index contributed by atoms with van der Waals surface area (Å²) in [7, 11) is 0. The molecule has 0 amide bonds. The van der Waals surface area contributed by atoms with Gasteiger partial charge in [0.15, 0.2) is 0 Å². The van der Waals surface area contributed by atoms with Gasteiger partial charge >= 0.3 is 0 Å². The molecule has 0 aliphatic carbocycles. The summed E-state index contributed by atoms with van der Waals surface area (Å²) in [5.41, 5.74) is 6.11. The number of benzene rings is 2. The van der Waals surface area contributed by atoms with Crippen LogP contribution >= 0.6 is 0 Å². The van der Waals surface area contributed by atoms with Crippen molar-refractivity contribution in [2.45, 2.75) is 66.2 Å². The second-order valence-electron chi connectivity index (χ2n) is 6.92. The maximum atomic E-state index is 10.6. The Hall–Kier alpha value is -1.96. The fraction of sp³-hybridized carbons (Fsp3) is 0.455. The quantitative estimate of drug-likeness (QED) is 0.707. The molecule has 0 unspecified atom stereocenters. The fourth-order valence-electron chi connectivity index (χ4n) is 3.46. The van der Waals surface area contributed by atoms with Gasteiger partial charge in [0.1, 0.15) is 11.5 Å². The van der Waals surface area contributed by atoms with E-state index < -0.39 is 0 Å². The van der Waals surface area contributed by atoms with E-state index in [-0.39, 0.29) is 5.92 Å². The normalized spacial score (nSPS) is 11.2. The van der Waals surface area contributed by atoms with Crippen LogP contribution in [0, 0.1) is 13.8 Å². The lowest BCUT2D eigenvalue weighted by molar-refractivity contribution is 0.452. The average molecular weight is 326 g/mol. The van der Waals surface area contributed by atoms with E-state index in [2.05, 4.69) is 45.0 Å². The summed E-state index contributed by atoms with van der Waals surface area (Å²) in [6.07, 6.45) is 4.16. The highest BCUT2D eigenvalue weighted by atomic mass is 16.3. The van der Waals surface area contributed by atoms with Crippen molar-refractivity contribution in [3.8, 4) is 11.5 Å². The van der Waals surface area contributed by atoms with Crippen molar-refractivity contribution in [3.05, 3.63) is 57.6 Å². The smallest absolute Gasteiger partial charge is 0.122 e. The van der Waals surface area contributed by atoms with Crippen molar-refractivity contribution >= 4 is 0 Å². The molecular weight excluding hydrogens is 296 g/mol. The van der Waals surface area contributed by atoms with E-state index in [1.165, 1.54) is 11.1 Å². The van der Waals surface area contributed by atoms with Crippen LogP contribution in [0.25, 0.3) is 0 Å². The zero-order valence-electron chi connectivity index (χ0n) is 15.6. The number of phenolic OH excluding ortho intramolecular Hbond substituents is 2. The minimum Gasteiger partial charge on any atom is -0.507 e. The monoisotopic (exact) mass is 326 g/mol. The first-order valence-electron chi connectivity index (χ1n) is 9.03. The molecule has 0 saturated heterocycles. The topological polar surface area (TPSA) is 40.5 Å². The summed E-state index contributed by atoms with van der Waals surface area (Å²) >= 11 is 0. The predicted molar refractivity (Wildman–Crippen MR) is 101 cm³/mol. The van der Waals surface area contributed by atoms with Crippen LogP contribution in [-0.4, -0.2) is 10.2 Å². The predicted octanol–water partition coefficient (Wildman–Crippen LogP) is 5.77. The van der Waals surface area contributed by atoms with E-state index in [1.807, 2.05) is 13.8 Å². The lowest BCUT2D eigenvalue weighted by Crippen LogP contribution is -2.02. The van der Waals surface area contributed by atoms with Crippen LogP contribution in [0.15, 0.2) is 24.3 Å². The second-order valence-corrected chi connectivity index (χ2v) is 6.92. The lowest BCUT2D eigenvalue weighted by Gasteiger charge is -2.20. The number of hydrogen-bond donors (Lipinski definition) is 2. The van der Waals surface area contributed by atoms with Gasteiger partial charge in [-0.05, 0) is 48.9 Å². The molecule has 0 bridgehead atoms. The highest BCUT2D eigenvalue weighted by Gasteiger charge is 2.20. The van der Waals surface area contributed by atoms with E-state index in [0.29, 0.717) is 11.5 Å². The first-order chi connectivity index (χ1) is 11.4. The van der Waals surface area contributed by atoms with Crippen LogP contribution in [0.3, 0.4) is 0 Å². The van der Waals surface area contributed by atoms with E-state index in [0.717, 1.165) is 47.9 Å². The first kappa shape index (κ1) is 18.4. The van der Waals surface area contributed by atoms with Crippen molar-refractivity contribution in [3.63, 3.8) is 0 Å². The van der Waals surface area contributed by atoms with Gasteiger partial charge in [0.2, 0.25) is 0 Å². The van der Waals surface area contributed by atoms with Gasteiger partial charge in [-0.3, -0.25) is 0 Å². The third-order valence-corrected chi connectivity index (χ3v) is 4.79. The van der Waals surface area contributed by atoms with Crippen molar-refractivity contribution < 1.29 is 10.2 Å². The number of hydrogen-bond acceptors (Lipinski definition) is 2. The molecule has 130 valence electrons. The van der Waals surface area contributed by atoms with Crippen LogP contribution in [0.1, 0.15) is 72.9 Å². The maximum Gasteiger partial charge on any atom is 0.122 e. The van der Waals surface area contributed by atoms with Crippen LogP contribution in [-0.2, 0) is 12.8 Å². The standard InChI is InChI=1S/C22H30O2/c1-6-8-17-10-14(3)21(23)19(12-17)16(5)20-13-18(9-7-2)11-15(4)22(20)24/h10-13,16,23-24H,6-9H2,1-5H3. The third-order valence-electron chi connectivity index (χ3n) is 4.79. The summed E-state index contributed by atoms with van der Waals surface area (Å²) in [5, 5.41) is 21.1. The SMILES string of the molecule is CCCc1cc(C)c(O)c(C(C)c2cc(CCC)cc(C)c2O)c1. The van der Waals surface area contributed by atoms with Crippen molar-refractivity contribution in [2.24, 2.45) is 0 Å². The molecule has 0 heterocycles. The Balaban J connectivity index is 2.54. The van der Waals surface area contributed by atoms with Gasteiger partial charge in [0.25, 0.3) is 0 Å². The Morgan fingerprint density at radius 3 is 1.46 bits per heavy atom. The fourth-order valence-corrected chi connectivity index (χ4v) is 3.46. The molecule has 2 nitrogen and oxygen atoms in total. The Labute approximate surface area is 146 Å². The molecule has 0 spiro atoms. The van der Waals surface area contributed by atoms with Gasteiger partial charge in [-0.2, -0.15) is 0 Å². The molecule has 0 aromatic heterocycles. The molecule has 2 aromatic carbocycles. The van der Waals surface area contributed by atoms with Gasteiger partial charge in [-0.1, -0.05) is 57.9 Å². The van der Waals surface area contributed by atoms with Gasteiger partial charge < -0.3 is 10.2 Å². The zero-order valence-corrected chi connectivity index (χ0v) is 15.6. The van der Waals surface area contributed by atoms with Crippen molar-refractivity contribution in [2.75, 3.05) is 0 Å². The average Bonchev–Trinajstić information content (AvgIpc) is 2.54. The number of rotatable bonds is 6. The molecule has 0 atom stereocenters. The summed E-state index contributed by atoms with van der Waals surface area (Å²) in [4.78, 5) is 0. The zero-order chi connectivity index (χ0) is 17.9. The Bertz CT molecular complexity index is 655. The molecule has 2 N–H and O–H groups in total. The maximum absolute atomic E-state index is 10.6. The van der Waals surface area contributed by atoms with Crippen LogP contribution < -0.4 is 0 Å². The van der Waals surface area contributed by atoms with E-state index >= 15 is 0 Å². The number of phenols is 2. The summed E-state index contributed by atoms with van der Waals surface area (Å²) in [5.74, 6) is 0.650. The summed E-state index contributed by atoms with van der Waals surface area (Å²) in [6, 6.07) is 8.32. The Morgan fingerprint density at radius 2 is 1.12 bits per heavy atom. The van der Waals surface area contributed by atoms with Gasteiger partial charge in [-0.15, -0.1) is 0 Å². The first-order valence-corrected chi connectivity index (χ1v) is 9.03. The van der Waals surface area contributed by atoms with E-state index in [1.54, 1.807) is 0 Å². The van der Waals surface area contributed by atoms with Gasteiger partial charge in [-0.25, -0.2) is 0 Å². The number of aromatic hydroxyl groups is 2. The number of aryl methyl sites for hydroxylation is 4. The van der Waals surface area contributed by atoms with Crippen LogP contribution in [0.4, 0.5) is 0 Å². The van der Waals surface area contributed by atoms with Crippen molar-refractivity contribution in [1.29, 1.82) is 0 Å². The van der Waals surface area contributed by atoms with Crippen LogP contribution in [0.2, 0.25) is 0 Å². The highest BCUT2D eigenvalue weighted by molar-refractivity contribution is 5.53. The van der Waals surface area contributed by atoms with Crippen molar-refractivity contribution in [1.82, 2.24) is 0 Å². The molecule has 2 heteroatoms. The molecular formula is C22H30O2. The summed E-state index contributed by atoms with van der Waals surface area (Å²) < 4.78 is 0. The molecule has 0 aliphatic heterocycles. The lowest BCUT2D eigenvalue weighted by atomic mass is 9.86. The molecule has 0 fully saturated rings. The molecule has 0 aliphatic rings. The Morgan fingerprint density at radius 1 is 0.750 bits per heavy atom. The molecule has 24 heavy (non-hydrogen) atoms. The minimum atomic E-state index is -0.0454. The van der Waals surface area contributed by atoms with Gasteiger partial charge in [0.05, 0.1) is 0 Å². The molecule has 0 saturated carbocycles. The Kier molecular flexibility index (Phi) is 5.93. The van der Waals surface area contributed by atoms with E-state index in [4.69, 9.17) is 0 Å². The largest absolute Gasteiger partial charge is 0.507 e. The van der Waals surface area contributed by atoms with Gasteiger partial charge in [0, 0.05) is 17.0 Å². The molecule has 2 aromatic rings. The molecule has 2 rings (SSSR count). The van der Waals surface area contributed by atoms with Crippen LogP contribution in [0.5, 0.6) is 11.5 Å². The third kappa shape index (κ3) is 3.75. The molecule has 0 radical (unpaired) electrons. The summed E-state index contributed by atoms with van der Waals surface area (Å²) in [6.45, 7) is 10.3.